The van der Waals surface area contributed by atoms with Gasteiger partial charge in [0.05, 0.1) is 11.7 Å². The molecule has 5 aromatic carbocycles. The molecule has 1 amide bonds. The number of carbonyl (C=O) groups is 1. The zero-order valence-corrected chi connectivity index (χ0v) is 22.3. The average Bonchev–Trinajstić information content (AvgIpc) is 3.38. The van der Waals surface area contributed by atoms with Crippen LogP contribution in [0.1, 0.15) is 22.7 Å². The molecule has 1 aliphatic rings. The van der Waals surface area contributed by atoms with Crippen LogP contribution in [0.5, 0.6) is 11.5 Å². The molecule has 1 heterocycles. The summed E-state index contributed by atoms with van der Waals surface area (Å²) < 4.78 is 32.9. The Morgan fingerprint density at radius 2 is 1.50 bits per heavy atom. The highest BCUT2D eigenvalue weighted by Crippen LogP contribution is 2.43. The second-order valence-corrected chi connectivity index (χ2v) is 10.0. The minimum Gasteiger partial charge on any atom is -0.508 e. The van der Waals surface area contributed by atoms with Crippen LogP contribution in [0.2, 0.25) is 0 Å². The monoisotopic (exact) mass is 564 g/mol. The number of hydrogen-bond acceptors (Lipinski definition) is 5. The van der Waals surface area contributed by atoms with Crippen molar-refractivity contribution in [1.82, 2.24) is 0 Å². The molecule has 1 fully saturated rings. The predicted octanol–water partition coefficient (Wildman–Crippen LogP) is 8.08. The topological polar surface area (TPSA) is 82.0 Å². The summed E-state index contributed by atoms with van der Waals surface area (Å²) in [6, 6.07) is 28.7. The largest absolute Gasteiger partial charge is 0.508 e. The Labute approximate surface area is 241 Å². The molecule has 1 saturated heterocycles. The maximum absolute atomic E-state index is 13.9. The molecule has 210 valence electrons. The van der Waals surface area contributed by atoms with Crippen LogP contribution in [0.25, 0.3) is 11.1 Å². The molecule has 6 rings (SSSR count). The van der Waals surface area contributed by atoms with E-state index in [2.05, 4.69) is 5.32 Å². The van der Waals surface area contributed by atoms with Crippen molar-refractivity contribution in [1.29, 1.82) is 0 Å². The zero-order valence-electron chi connectivity index (χ0n) is 22.3. The number of ether oxygens (including phenoxy) is 1. The number of benzene rings is 5. The summed E-state index contributed by atoms with van der Waals surface area (Å²) in [5.74, 6) is -0.827. The lowest BCUT2D eigenvalue weighted by Crippen LogP contribution is -2.28. The van der Waals surface area contributed by atoms with Crippen LogP contribution in [0.4, 0.5) is 30.6 Å². The fraction of sp³-hybridized carbons (Fsp3) is 0.0882. The van der Waals surface area contributed by atoms with Gasteiger partial charge in [0.15, 0.2) is 0 Å². The summed E-state index contributed by atoms with van der Waals surface area (Å²) in [4.78, 5) is 14.8. The molecule has 0 aromatic heterocycles. The SMILES string of the molecule is O=C1OC[C@H](c2ccccc2)N1c1cc(O)cc(-c2ccc(F)cc2)c1Cc1ccc(O)cc1Nc1ccc(F)cc1. The molecule has 1 aliphatic heterocycles. The van der Waals surface area contributed by atoms with Crippen molar-refractivity contribution in [3.8, 4) is 22.6 Å². The molecular formula is C34H26F2N2O4. The third kappa shape index (κ3) is 5.47. The highest BCUT2D eigenvalue weighted by molar-refractivity contribution is 5.94. The Bertz CT molecular complexity index is 1740. The molecule has 6 nitrogen and oxygen atoms in total. The number of halogens is 2. The van der Waals surface area contributed by atoms with Crippen molar-refractivity contribution in [2.45, 2.75) is 12.5 Å². The van der Waals surface area contributed by atoms with Crippen LogP contribution in [-0.4, -0.2) is 22.9 Å². The van der Waals surface area contributed by atoms with E-state index in [9.17, 15) is 23.8 Å². The molecule has 42 heavy (non-hydrogen) atoms. The highest BCUT2D eigenvalue weighted by Gasteiger charge is 2.37. The van der Waals surface area contributed by atoms with Crippen molar-refractivity contribution in [3.05, 3.63) is 138 Å². The van der Waals surface area contributed by atoms with Gasteiger partial charge in [-0.15, -0.1) is 0 Å². The molecule has 1 atom stereocenters. The van der Waals surface area contributed by atoms with E-state index in [0.717, 1.165) is 11.1 Å². The minimum atomic E-state index is -0.559. The summed E-state index contributed by atoms with van der Waals surface area (Å²) in [6.07, 6.45) is -0.312. The van der Waals surface area contributed by atoms with Crippen molar-refractivity contribution < 1.29 is 28.5 Å². The second kappa shape index (κ2) is 11.2. The van der Waals surface area contributed by atoms with E-state index in [1.54, 1.807) is 48.5 Å². The molecule has 5 aromatic rings. The van der Waals surface area contributed by atoms with Crippen molar-refractivity contribution in [2.75, 3.05) is 16.8 Å². The van der Waals surface area contributed by atoms with Crippen molar-refractivity contribution >= 4 is 23.2 Å². The van der Waals surface area contributed by atoms with Crippen molar-refractivity contribution in [3.63, 3.8) is 0 Å². The van der Waals surface area contributed by atoms with Gasteiger partial charge in [-0.2, -0.15) is 0 Å². The lowest BCUT2D eigenvalue weighted by Gasteiger charge is -2.27. The molecule has 0 saturated carbocycles. The summed E-state index contributed by atoms with van der Waals surface area (Å²) in [5, 5.41) is 24.4. The van der Waals surface area contributed by atoms with Gasteiger partial charge >= 0.3 is 6.09 Å². The Morgan fingerprint density at radius 3 is 2.21 bits per heavy atom. The predicted molar refractivity (Wildman–Crippen MR) is 157 cm³/mol. The fourth-order valence-electron chi connectivity index (χ4n) is 5.25. The average molecular weight is 565 g/mol. The van der Waals surface area contributed by atoms with E-state index >= 15 is 0 Å². The van der Waals surface area contributed by atoms with Gasteiger partial charge in [0.1, 0.15) is 29.7 Å². The maximum Gasteiger partial charge on any atom is 0.415 e. The number of nitrogens with one attached hydrogen (secondary N) is 1. The summed E-state index contributed by atoms with van der Waals surface area (Å²) in [6.45, 7) is 0.125. The molecule has 0 bridgehead atoms. The van der Waals surface area contributed by atoms with Gasteiger partial charge in [-0.25, -0.2) is 13.6 Å². The number of carbonyl (C=O) groups excluding carboxylic acids is 1. The first-order valence-electron chi connectivity index (χ1n) is 13.3. The highest BCUT2D eigenvalue weighted by atomic mass is 19.1. The molecule has 3 N–H and O–H groups in total. The number of cyclic esters (lactones) is 1. The van der Waals surface area contributed by atoms with Crippen LogP contribution in [0.15, 0.2) is 109 Å². The number of hydrogen-bond donors (Lipinski definition) is 3. The first kappa shape index (κ1) is 26.8. The van der Waals surface area contributed by atoms with Gasteiger partial charge in [0.25, 0.3) is 0 Å². The Balaban J connectivity index is 1.51. The Kier molecular flexibility index (Phi) is 7.19. The standard InChI is InChI=1S/C34H26F2N2O4/c35-24-9-6-21(7-10-24)29-17-28(40)19-32(38-33(20-42-34(38)41)22-4-2-1-3-5-22)30(29)16-23-8-15-27(39)18-31(23)37-26-13-11-25(36)12-14-26/h1-15,17-19,33,37,39-40H,16,20H2/t33-/m1/s1. The quantitative estimate of drug-likeness (QED) is 0.186. The fourth-order valence-corrected chi connectivity index (χ4v) is 5.25. The first-order chi connectivity index (χ1) is 20.4. The maximum atomic E-state index is 13.9. The lowest BCUT2D eigenvalue weighted by molar-refractivity contribution is 0.179. The second-order valence-electron chi connectivity index (χ2n) is 10.0. The smallest absolute Gasteiger partial charge is 0.415 e. The third-order valence-electron chi connectivity index (χ3n) is 7.27. The summed E-state index contributed by atoms with van der Waals surface area (Å²) in [7, 11) is 0. The molecule has 8 heteroatoms. The van der Waals surface area contributed by atoms with E-state index in [-0.39, 0.29) is 30.3 Å². The van der Waals surface area contributed by atoms with E-state index in [1.807, 2.05) is 30.3 Å². The van der Waals surface area contributed by atoms with E-state index in [4.69, 9.17) is 4.74 Å². The normalized spacial score (nSPS) is 14.6. The van der Waals surface area contributed by atoms with E-state index in [1.165, 1.54) is 35.2 Å². The van der Waals surface area contributed by atoms with Gasteiger partial charge in [-0.1, -0.05) is 48.5 Å². The van der Waals surface area contributed by atoms with Gasteiger partial charge in [-0.3, -0.25) is 4.90 Å². The minimum absolute atomic E-state index is 0.0281. The number of phenols is 2. The number of nitrogens with zero attached hydrogens (tertiary/aromatic N) is 1. The third-order valence-corrected chi connectivity index (χ3v) is 7.27. The van der Waals surface area contributed by atoms with Gasteiger partial charge in [0.2, 0.25) is 0 Å². The molecule has 0 aliphatic carbocycles. The molecular weight excluding hydrogens is 538 g/mol. The summed E-state index contributed by atoms with van der Waals surface area (Å²) >= 11 is 0. The Morgan fingerprint density at radius 1 is 0.810 bits per heavy atom. The van der Waals surface area contributed by atoms with Crippen LogP contribution in [0.3, 0.4) is 0 Å². The van der Waals surface area contributed by atoms with Crippen LogP contribution >= 0.6 is 0 Å². The van der Waals surface area contributed by atoms with E-state index in [0.29, 0.717) is 33.8 Å². The van der Waals surface area contributed by atoms with Crippen LogP contribution in [-0.2, 0) is 11.2 Å². The molecule has 0 unspecified atom stereocenters. The molecule has 0 spiro atoms. The van der Waals surface area contributed by atoms with Gasteiger partial charge in [-0.05, 0) is 76.3 Å². The summed E-state index contributed by atoms with van der Waals surface area (Å²) in [5.41, 5.74) is 5.13. The number of anilines is 3. The number of rotatable bonds is 7. The Hall–Kier alpha value is -5.37. The lowest BCUT2D eigenvalue weighted by atomic mass is 9.91. The van der Waals surface area contributed by atoms with Crippen LogP contribution in [0, 0.1) is 11.6 Å². The number of amides is 1. The van der Waals surface area contributed by atoms with E-state index < -0.39 is 18.0 Å². The number of aromatic hydroxyl groups is 2. The van der Waals surface area contributed by atoms with Gasteiger partial charge < -0.3 is 20.3 Å². The van der Waals surface area contributed by atoms with Gasteiger partial charge in [0, 0.05) is 29.9 Å². The zero-order chi connectivity index (χ0) is 29.2. The first-order valence-corrected chi connectivity index (χ1v) is 13.3. The van der Waals surface area contributed by atoms with Crippen molar-refractivity contribution in [2.24, 2.45) is 0 Å². The molecule has 0 radical (unpaired) electrons. The number of phenolic OH excluding ortho intramolecular Hbond substituents is 2. The van der Waals surface area contributed by atoms with Crippen LogP contribution < -0.4 is 10.2 Å².